The van der Waals surface area contributed by atoms with Crippen LogP contribution >= 0.6 is 24.0 Å². The number of nitrogens with zero attached hydrogens (tertiary/aromatic N) is 3. The van der Waals surface area contributed by atoms with Crippen LogP contribution in [0, 0.1) is 12.7 Å². The zero-order valence-corrected chi connectivity index (χ0v) is 19.3. The van der Waals surface area contributed by atoms with Gasteiger partial charge in [-0.2, -0.15) is 4.98 Å². The minimum absolute atomic E-state index is 0.0426. The van der Waals surface area contributed by atoms with Gasteiger partial charge in [-0.3, -0.25) is 18.9 Å². The molecule has 3 heterocycles. The van der Waals surface area contributed by atoms with E-state index in [0.717, 1.165) is 23.7 Å². The first-order valence-corrected chi connectivity index (χ1v) is 11.3. The first-order valence-electron chi connectivity index (χ1n) is 10.0. The van der Waals surface area contributed by atoms with Gasteiger partial charge in [-0.15, -0.1) is 0 Å². The van der Waals surface area contributed by atoms with Crippen molar-refractivity contribution in [3.8, 4) is 11.6 Å². The standard InChI is InChI=1S/C23H20FN3O3S2/c1-4-14(3)27-22(29)18(32-23(27)31)12-15-20(30-17-10-6-5-9-16(17)24)25-19-13(2)8-7-11-26(19)21(15)28/h5-12,14H,4H2,1-3H3. The number of ether oxygens (including phenoxy) is 1. The monoisotopic (exact) mass is 469 g/mol. The Bertz CT molecular complexity index is 1340. The van der Waals surface area contributed by atoms with Gasteiger partial charge in [0.05, 0.1) is 4.91 Å². The summed E-state index contributed by atoms with van der Waals surface area (Å²) in [7, 11) is 0. The minimum atomic E-state index is -0.590. The molecule has 1 aliphatic rings. The number of aromatic nitrogens is 2. The van der Waals surface area contributed by atoms with Gasteiger partial charge in [0, 0.05) is 12.2 Å². The van der Waals surface area contributed by atoms with Crippen LogP contribution in [0.1, 0.15) is 31.4 Å². The number of para-hydroxylation sites is 1. The lowest BCUT2D eigenvalue weighted by molar-refractivity contribution is -0.123. The molecule has 0 saturated carbocycles. The summed E-state index contributed by atoms with van der Waals surface area (Å²) in [4.78, 5) is 32.7. The normalized spacial score (nSPS) is 16.2. The lowest BCUT2D eigenvalue weighted by Gasteiger charge is -2.21. The number of pyridine rings is 1. The molecule has 0 radical (unpaired) electrons. The Balaban J connectivity index is 1.90. The van der Waals surface area contributed by atoms with E-state index in [0.29, 0.717) is 14.9 Å². The molecule has 9 heteroatoms. The number of aryl methyl sites for hydroxylation is 1. The number of carbonyl (C=O) groups is 1. The number of carbonyl (C=O) groups excluding carboxylic acids is 1. The van der Waals surface area contributed by atoms with Crippen molar-refractivity contribution in [1.82, 2.24) is 14.3 Å². The summed E-state index contributed by atoms with van der Waals surface area (Å²) in [6, 6.07) is 9.33. The van der Waals surface area contributed by atoms with Gasteiger partial charge in [-0.05, 0) is 50.1 Å². The Hall–Kier alpha value is -3.04. The van der Waals surface area contributed by atoms with E-state index in [1.807, 2.05) is 26.8 Å². The molecular weight excluding hydrogens is 449 g/mol. The van der Waals surface area contributed by atoms with Crippen LogP contribution in [-0.4, -0.2) is 30.6 Å². The zero-order chi connectivity index (χ0) is 23.0. The first kappa shape index (κ1) is 22.2. The van der Waals surface area contributed by atoms with Gasteiger partial charge in [-0.1, -0.05) is 49.1 Å². The van der Waals surface area contributed by atoms with Crippen LogP contribution < -0.4 is 10.3 Å². The highest BCUT2D eigenvalue weighted by Gasteiger charge is 2.35. The predicted octanol–water partition coefficient (Wildman–Crippen LogP) is 4.93. The SMILES string of the molecule is CCC(C)N1C(=O)C(=Cc2c(Oc3ccccc3F)nc3c(C)cccn3c2=O)SC1=S. The summed E-state index contributed by atoms with van der Waals surface area (Å²) >= 11 is 6.50. The van der Waals surface area contributed by atoms with Gasteiger partial charge in [-0.25, -0.2) is 4.39 Å². The maximum Gasteiger partial charge on any atom is 0.269 e. The summed E-state index contributed by atoms with van der Waals surface area (Å²) < 4.78 is 21.8. The summed E-state index contributed by atoms with van der Waals surface area (Å²) in [5.74, 6) is -1.02. The minimum Gasteiger partial charge on any atom is -0.435 e. The molecule has 1 aliphatic heterocycles. The third-order valence-corrected chi connectivity index (χ3v) is 6.55. The number of benzene rings is 1. The van der Waals surface area contributed by atoms with Gasteiger partial charge in [0.1, 0.15) is 15.5 Å². The molecule has 164 valence electrons. The first-order chi connectivity index (χ1) is 15.3. The molecule has 4 rings (SSSR count). The smallest absolute Gasteiger partial charge is 0.269 e. The van der Waals surface area contributed by atoms with E-state index in [1.54, 1.807) is 23.2 Å². The molecule has 0 N–H and O–H groups in total. The van der Waals surface area contributed by atoms with E-state index in [2.05, 4.69) is 4.98 Å². The molecule has 32 heavy (non-hydrogen) atoms. The molecule has 0 spiro atoms. The molecule has 1 fully saturated rings. The van der Waals surface area contributed by atoms with Crippen LogP contribution in [0.15, 0.2) is 52.3 Å². The number of hydrogen-bond acceptors (Lipinski definition) is 6. The third kappa shape index (κ3) is 3.93. The van der Waals surface area contributed by atoms with Crippen molar-refractivity contribution < 1.29 is 13.9 Å². The molecule has 1 amide bonds. The molecule has 0 aliphatic carbocycles. The van der Waals surface area contributed by atoms with E-state index in [9.17, 15) is 14.0 Å². The van der Waals surface area contributed by atoms with Crippen molar-refractivity contribution in [2.75, 3.05) is 0 Å². The number of thiocarbonyl (C=S) groups is 1. The highest BCUT2D eigenvalue weighted by atomic mass is 32.2. The van der Waals surface area contributed by atoms with E-state index in [1.165, 1.54) is 28.7 Å². The summed E-state index contributed by atoms with van der Waals surface area (Å²) in [5.41, 5.74) is 0.741. The van der Waals surface area contributed by atoms with E-state index in [4.69, 9.17) is 17.0 Å². The van der Waals surface area contributed by atoms with Gasteiger partial charge in [0.2, 0.25) is 5.88 Å². The Morgan fingerprint density at radius 2 is 2.00 bits per heavy atom. The Morgan fingerprint density at radius 3 is 2.72 bits per heavy atom. The van der Waals surface area contributed by atoms with Crippen molar-refractivity contribution in [2.24, 2.45) is 0 Å². The van der Waals surface area contributed by atoms with Crippen molar-refractivity contribution in [1.29, 1.82) is 0 Å². The third-order valence-electron chi connectivity index (χ3n) is 5.22. The topological polar surface area (TPSA) is 63.9 Å². The molecule has 6 nitrogen and oxygen atoms in total. The van der Waals surface area contributed by atoms with Crippen LogP contribution in [0.2, 0.25) is 0 Å². The lowest BCUT2D eigenvalue weighted by Crippen LogP contribution is -2.36. The average Bonchev–Trinajstić information content (AvgIpc) is 3.05. The molecule has 1 saturated heterocycles. The number of rotatable bonds is 5. The second kappa shape index (κ2) is 8.84. The molecular formula is C23H20FN3O3S2. The molecule has 3 aromatic rings. The largest absolute Gasteiger partial charge is 0.435 e. The average molecular weight is 470 g/mol. The predicted molar refractivity (Wildman–Crippen MR) is 127 cm³/mol. The molecule has 1 aromatic carbocycles. The molecule has 0 bridgehead atoms. The highest BCUT2D eigenvalue weighted by Crippen LogP contribution is 2.36. The molecule has 2 aromatic heterocycles. The van der Waals surface area contributed by atoms with Crippen LogP contribution in [0.25, 0.3) is 11.7 Å². The number of thioether (sulfide) groups is 1. The fraction of sp³-hybridized carbons (Fsp3) is 0.217. The molecule has 1 unspecified atom stereocenters. The van der Waals surface area contributed by atoms with E-state index < -0.39 is 11.4 Å². The van der Waals surface area contributed by atoms with E-state index in [-0.39, 0.29) is 29.1 Å². The van der Waals surface area contributed by atoms with Gasteiger partial charge >= 0.3 is 0 Å². The number of hydrogen-bond donors (Lipinski definition) is 0. The van der Waals surface area contributed by atoms with Crippen LogP contribution in [-0.2, 0) is 4.79 Å². The number of halogens is 1. The lowest BCUT2D eigenvalue weighted by atomic mass is 10.2. The Kier molecular flexibility index (Phi) is 6.12. The van der Waals surface area contributed by atoms with Crippen molar-refractivity contribution >= 4 is 45.9 Å². The van der Waals surface area contributed by atoms with Crippen molar-refractivity contribution in [3.63, 3.8) is 0 Å². The number of amides is 1. The number of fused-ring (bicyclic) bond motifs is 1. The fourth-order valence-corrected chi connectivity index (χ4v) is 4.74. The van der Waals surface area contributed by atoms with Crippen LogP contribution in [0.5, 0.6) is 11.6 Å². The summed E-state index contributed by atoms with van der Waals surface area (Å²) in [6.45, 7) is 5.69. The Labute approximate surface area is 193 Å². The van der Waals surface area contributed by atoms with Crippen molar-refractivity contribution in [3.05, 3.63) is 74.8 Å². The van der Waals surface area contributed by atoms with Crippen molar-refractivity contribution in [2.45, 2.75) is 33.2 Å². The fourth-order valence-electron chi connectivity index (χ4n) is 3.30. The quantitative estimate of drug-likeness (QED) is 0.390. The summed E-state index contributed by atoms with van der Waals surface area (Å²) in [5, 5.41) is 0. The maximum absolute atomic E-state index is 14.3. The second-order valence-electron chi connectivity index (χ2n) is 7.36. The van der Waals surface area contributed by atoms with Crippen LogP contribution in [0.3, 0.4) is 0 Å². The molecule has 1 atom stereocenters. The zero-order valence-electron chi connectivity index (χ0n) is 17.7. The summed E-state index contributed by atoms with van der Waals surface area (Å²) in [6.07, 6.45) is 3.76. The van der Waals surface area contributed by atoms with Gasteiger partial charge in [0.25, 0.3) is 11.5 Å². The van der Waals surface area contributed by atoms with E-state index >= 15 is 0 Å². The Morgan fingerprint density at radius 1 is 1.25 bits per heavy atom. The second-order valence-corrected chi connectivity index (χ2v) is 9.04. The van der Waals surface area contributed by atoms with Gasteiger partial charge in [0.15, 0.2) is 11.6 Å². The maximum atomic E-state index is 14.3. The van der Waals surface area contributed by atoms with Crippen LogP contribution in [0.4, 0.5) is 4.39 Å². The highest BCUT2D eigenvalue weighted by molar-refractivity contribution is 8.26. The van der Waals surface area contributed by atoms with Gasteiger partial charge < -0.3 is 4.74 Å².